The van der Waals surface area contributed by atoms with Gasteiger partial charge in [0.25, 0.3) is 0 Å². The van der Waals surface area contributed by atoms with Gasteiger partial charge in [0.2, 0.25) is 5.89 Å². The summed E-state index contributed by atoms with van der Waals surface area (Å²) in [4.78, 5) is 8.64. The number of hydrogen-bond donors (Lipinski definition) is 2. The van der Waals surface area contributed by atoms with Crippen LogP contribution in [0.1, 0.15) is 75.4 Å². The minimum absolute atomic E-state index is 0. The summed E-state index contributed by atoms with van der Waals surface area (Å²) >= 11 is 0. The SMILES string of the molecule is CCCCCCOc1cc(C)ccc1CNC(=NC)NCc1nc(C(C)OCC)no1.I. The molecular formula is C23H38IN5O3. The summed E-state index contributed by atoms with van der Waals surface area (Å²) in [6.45, 7) is 10.4. The average molecular weight is 559 g/mol. The standard InChI is InChI=1S/C23H37N5O3.HI/c1-6-8-9-10-13-30-20-14-17(3)11-12-19(20)15-25-23(24-5)26-16-21-27-22(28-31-21)18(4)29-7-2;/h11-12,14,18H,6-10,13,15-16H2,1-5H3,(H2,24,25,26);1H. The molecule has 0 saturated heterocycles. The van der Waals surface area contributed by atoms with Crippen molar-refractivity contribution in [2.24, 2.45) is 4.99 Å². The maximum Gasteiger partial charge on any atom is 0.246 e. The molecule has 180 valence electrons. The van der Waals surface area contributed by atoms with E-state index in [9.17, 15) is 0 Å². The van der Waals surface area contributed by atoms with Crippen LogP contribution < -0.4 is 15.4 Å². The fourth-order valence-electron chi connectivity index (χ4n) is 3.04. The summed E-state index contributed by atoms with van der Waals surface area (Å²) in [6.07, 6.45) is 4.56. The number of benzene rings is 1. The Morgan fingerprint density at radius 2 is 1.94 bits per heavy atom. The maximum absolute atomic E-state index is 6.06. The minimum atomic E-state index is -0.193. The molecule has 0 aliphatic rings. The van der Waals surface area contributed by atoms with E-state index in [1.165, 1.54) is 24.8 Å². The van der Waals surface area contributed by atoms with Crippen molar-refractivity contribution in [2.45, 2.75) is 72.6 Å². The van der Waals surface area contributed by atoms with Crippen LogP contribution >= 0.6 is 24.0 Å². The van der Waals surface area contributed by atoms with E-state index in [-0.39, 0.29) is 30.1 Å². The smallest absolute Gasteiger partial charge is 0.246 e. The molecule has 9 heteroatoms. The summed E-state index contributed by atoms with van der Waals surface area (Å²) in [5.41, 5.74) is 2.28. The van der Waals surface area contributed by atoms with E-state index in [0.29, 0.717) is 37.4 Å². The fourth-order valence-corrected chi connectivity index (χ4v) is 3.04. The summed E-state index contributed by atoms with van der Waals surface area (Å²) in [7, 11) is 1.73. The van der Waals surface area contributed by atoms with Crippen molar-refractivity contribution >= 4 is 29.9 Å². The lowest BCUT2D eigenvalue weighted by Gasteiger charge is -2.15. The number of aryl methyl sites for hydroxylation is 1. The Morgan fingerprint density at radius 3 is 2.66 bits per heavy atom. The van der Waals surface area contributed by atoms with E-state index in [1.54, 1.807) is 7.05 Å². The third-order valence-electron chi connectivity index (χ3n) is 4.82. The molecule has 2 rings (SSSR count). The molecule has 1 aromatic heterocycles. The number of rotatable bonds is 13. The van der Waals surface area contributed by atoms with Crippen LogP contribution in [0.15, 0.2) is 27.7 Å². The minimum Gasteiger partial charge on any atom is -0.493 e. The highest BCUT2D eigenvalue weighted by atomic mass is 127. The van der Waals surface area contributed by atoms with Crippen molar-refractivity contribution < 1.29 is 14.0 Å². The fraction of sp³-hybridized carbons (Fsp3) is 0.609. The lowest BCUT2D eigenvalue weighted by atomic mass is 10.1. The van der Waals surface area contributed by atoms with Crippen molar-refractivity contribution in [1.29, 1.82) is 0 Å². The predicted molar refractivity (Wildman–Crippen MR) is 138 cm³/mol. The van der Waals surface area contributed by atoms with Gasteiger partial charge in [-0.25, -0.2) is 0 Å². The van der Waals surface area contributed by atoms with Gasteiger partial charge < -0.3 is 24.6 Å². The first kappa shape index (κ1) is 28.2. The lowest BCUT2D eigenvalue weighted by molar-refractivity contribution is 0.0683. The van der Waals surface area contributed by atoms with Crippen LogP contribution in [0, 0.1) is 6.92 Å². The quantitative estimate of drug-likeness (QED) is 0.156. The zero-order valence-electron chi connectivity index (χ0n) is 19.9. The van der Waals surface area contributed by atoms with Gasteiger partial charge in [-0.05, 0) is 38.8 Å². The third kappa shape index (κ3) is 9.72. The molecule has 0 aliphatic carbocycles. The molecule has 2 aromatic rings. The Morgan fingerprint density at radius 1 is 1.16 bits per heavy atom. The van der Waals surface area contributed by atoms with E-state index in [4.69, 9.17) is 14.0 Å². The van der Waals surface area contributed by atoms with Gasteiger partial charge in [-0.15, -0.1) is 24.0 Å². The summed E-state index contributed by atoms with van der Waals surface area (Å²) in [5, 5.41) is 10.5. The van der Waals surface area contributed by atoms with Gasteiger partial charge in [0, 0.05) is 25.8 Å². The molecule has 2 N–H and O–H groups in total. The Hall–Kier alpha value is -1.88. The molecule has 0 amide bonds. The highest BCUT2D eigenvalue weighted by molar-refractivity contribution is 14.0. The summed E-state index contributed by atoms with van der Waals surface area (Å²) in [5.74, 6) is 2.59. The van der Waals surface area contributed by atoms with Gasteiger partial charge in [-0.3, -0.25) is 4.99 Å². The van der Waals surface area contributed by atoms with Crippen molar-refractivity contribution in [3.63, 3.8) is 0 Å². The molecule has 0 aliphatic heterocycles. The largest absolute Gasteiger partial charge is 0.493 e. The molecule has 0 radical (unpaired) electrons. The molecular weight excluding hydrogens is 521 g/mol. The number of nitrogens with one attached hydrogen (secondary N) is 2. The molecule has 1 atom stereocenters. The maximum atomic E-state index is 6.06. The number of hydrogen-bond acceptors (Lipinski definition) is 6. The zero-order chi connectivity index (χ0) is 22.5. The Balaban J connectivity index is 0.00000512. The van der Waals surface area contributed by atoms with Gasteiger partial charge >= 0.3 is 0 Å². The Bertz CT molecular complexity index is 813. The van der Waals surface area contributed by atoms with Gasteiger partial charge in [-0.2, -0.15) is 4.98 Å². The van der Waals surface area contributed by atoms with Crippen molar-refractivity contribution in [1.82, 2.24) is 20.8 Å². The number of guanidine groups is 1. The van der Waals surface area contributed by atoms with Gasteiger partial charge in [0.15, 0.2) is 11.8 Å². The molecule has 1 unspecified atom stereocenters. The first-order valence-electron chi connectivity index (χ1n) is 11.2. The predicted octanol–water partition coefficient (Wildman–Crippen LogP) is 4.92. The van der Waals surface area contributed by atoms with Crippen LogP contribution in [0.2, 0.25) is 0 Å². The Labute approximate surface area is 209 Å². The third-order valence-corrected chi connectivity index (χ3v) is 4.82. The number of aliphatic imine (C=N–C) groups is 1. The average Bonchev–Trinajstić information content (AvgIpc) is 3.24. The molecule has 0 bridgehead atoms. The van der Waals surface area contributed by atoms with Gasteiger partial charge in [0.1, 0.15) is 11.9 Å². The summed E-state index contributed by atoms with van der Waals surface area (Å²) < 4.78 is 16.8. The molecule has 1 heterocycles. The topological polar surface area (TPSA) is 93.8 Å². The zero-order valence-corrected chi connectivity index (χ0v) is 22.3. The van der Waals surface area contributed by atoms with Crippen molar-refractivity contribution in [3.05, 3.63) is 41.0 Å². The van der Waals surface area contributed by atoms with E-state index in [0.717, 1.165) is 24.3 Å². The molecule has 0 spiro atoms. The first-order chi connectivity index (χ1) is 15.1. The first-order valence-corrected chi connectivity index (χ1v) is 11.2. The van der Waals surface area contributed by atoms with Crippen LogP contribution in [0.5, 0.6) is 5.75 Å². The molecule has 0 saturated carbocycles. The number of nitrogens with zero attached hydrogens (tertiary/aromatic N) is 3. The monoisotopic (exact) mass is 559 g/mol. The van der Waals surface area contributed by atoms with E-state index < -0.39 is 0 Å². The van der Waals surface area contributed by atoms with Crippen molar-refractivity contribution in [2.75, 3.05) is 20.3 Å². The number of aromatic nitrogens is 2. The number of ether oxygens (including phenoxy) is 2. The highest BCUT2D eigenvalue weighted by Gasteiger charge is 2.14. The Kier molecular flexibility index (Phi) is 13.9. The van der Waals surface area contributed by atoms with Crippen LogP contribution in [-0.4, -0.2) is 36.4 Å². The van der Waals surface area contributed by atoms with E-state index >= 15 is 0 Å². The molecule has 1 aromatic carbocycles. The van der Waals surface area contributed by atoms with Crippen LogP contribution in [0.3, 0.4) is 0 Å². The highest BCUT2D eigenvalue weighted by Crippen LogP contribution is 2.21. The van der Waals surface area contributed by atoms with Crippen LogP contribution in [0.4, 0.5) is 0 Å². The summed E-state index contributed by atoms with van der Waals surface area (Å²) in [6, 6.07) is 6.28. The van der Waals surface area contributed by atoms with E-state index in [1.807, 2.05) is 13.8 Å². The number of unbranched alkanes of at least 4 members (excludes halogenated alkanes) is 3. The lowest BCUT2D eigenvalue weighted by Crippen LogP contribution is -2.36. The molecule has 0 fully saturated rings. The van der Waals surface area contributed by atoms with E-state index in [2.05, 4.69) is 57.8 Å². The van der Waals surface area contributed by atoms with Crippen LogP contribution in [-0.2, 0) is 17.8 Å². The molecule has 8 nitrogen and oxygen atoms in total. The molecule has 32 heavy (non-hydrogen) atoms. The van der Waals surface area contributed by atoms with Crippen molar-refractivity contribution in [3.8, 4) is 5.75 Å². The number of halogens is 1. The van der Waals surface area contributed by atoms with Gasteiger partial charge in [0.05, 0.1) is 13.2 Å². The normalized spacial score (nSPS) is 12.2. The second-order valence-corrected chi connectivity index (χ2v) is 7.44. The van der Waals surface area contributed by atoms with Gasteiger partial charge in [-0.1, -0.05) is 43.5 Å². The second kappa shape index (κ2) is 15.8. The van der Waals surface area contributed by atoms with Crippen LogP contribution in [0.25, 0.3) is 0 Å². The second-order valence-electron chi connectivity index (χ2n) is 7.44.